The second-order valence-electron chi connectivity index (χ2n) is 4.01. The normalized spacial score (nSPS) is 26.0. The van der Waals surface area contributed by atoms with Crippen molar-refractivity contribution in [1.29, 1.82) is 0 Å². The molecule has 1 aliphatic rings. The van der Waals surface area contributed by atoms with Crippen LogP contribution in [0.5, 0.6) is 0 Å². The zero-order chi connectivity index (χ0) is 11.8. The summed E-state index contributed by atoms with van der Waals surface area (Å²) in [6.07, 6.45) is -4.09. The molecule has 0 unspecified atom stereocenters. The third-order valence-electron chi connectivity index (χ3n) is 3.09. The summed E-state index contributed by atoms with van der Waals surface area (Å²) in [5.41, 5.74) is -1.37. The first-order valence-electron chi connectivity index (χ1n) is 4.99. The maximum absolute atomic E-state index is 13.2. The van der Waals surface area contributed by atoms with Gasteiger partial charge < -0.3 is 5.32 Å². The molecular weight excluding hydrogens is 283 g/mol. The van der Waals surface area contributed by atoms with Crippen molar-refractivity contribution in [2.24, 2.45) is 0 Å². The summed E-state index contributed by atoms with van der Waals surface area (Å²) < 4.78 is 40.2. The van der Waals surface area contributed by atoms with Gasteiger partial charge in [-0.15, -0.1) is 0 Å². The lowest BCUT2D eigenvalue weighted by atomic mass is 9.79. The fourth-order valence-electron chi connectivity index (χ4n) is 2.11. The van der Waals surface area contributed by atoms with Gasteiger partial charge in [-0.3, -0.25) is 0 Å². The minimum absolute atomic E-state index is 0.0296. The van der Waals surface area contributed by atoms with E-state index >= 15 is 0 Å². The number of hydrogen-bond donors (Lipinski definition) is 1. The molecule has 1 saturated heterocycles. The molecule has 0 saturated carbocycles. The number of nitrogens with one attached hydrogen (secondary N) is 1. The summed E-state index contributed by atoms with van der Waals surface area (Å²) in [6.45, 7) is 0.383. The molecule has 1 atom stereocenters. The summed E-state index contributed by atoms with van der Waals surface area (Å²) in [4.78, 5) is 0. The Balaban J connectivity index is 2.44. The van der Waals surface area contributed by atoms with E-state index in [1.807, 2.05) is 0 Å². The Morgan fingerprint density at radius 1 is 1.19 bits per heavy atom. The smallest absolute Gasteiger partial charge is 0.315 e. The van der Waals surface area contributed by atoms with Gasteiger partial charge in [0, 0.05) is 11.0 Å². The monoisotopic (exact) mass is 293 g/mol. The largest absolute Gasteiger partial charge is 0.399 e. The molecule has 2 rings (SSSR count). The van der Waals surface area contributed by atoms with Crippen LogP contribution in [0.15, 0.2) is 28.7 Å². The van der Waals surface area contributed by atoms with Crippen molar-refractivity contribution >= 4 is 15.9 Å². The molecular formula is C11H11BrF3N. The SMILES string of the molecule is FC(F)(F)[C@@]1(c2ccc(Br)cc2)CCNC1. The molecule has 0 bridgehead atoms. The van der Waals surface area contributed by atoms with Crippen molar-refractivity contribution in [3.05, 3.63) is 34.3 Å². The van der Waals surface area contributed by atoms with Crippen molar-refractivity contribution in [2.75, 3.05) is 13.1 Å². The second kappa shape index (κ2) is 4.04. The summed E-state index contributed by atoms with van der Waals surface area (Å²) in [5.74, 6) is 0. The van der Waals surface area contributed by atoms with Crippen LogP contribution in [0.3, 0.4) is 0 Å². The molecule has 0 radical (unpaired) electrons. The van der Waals surface area contributed by atoms with E-state index in [9.17, 15) is 13.2 Å². The highest BCUT2D eigenvalue weighted by Crippen LogP contribution is 2.45. The lowest BCUT2D eigenvalue weighted by Crippen LogP contribution is -2.44. The van der Waals surface area contributed by atoms with Crippen LogP contribution in [0.4, 0.5) is 13.2 Å². The number of hydrogen-bond acceptors (Lipinski definition) is 1. The van der Waals surface area contributed by atoms with Gasteiger partial charge in [0.05, 0.1) is 0 Å². The third-order valence-corrected chi connectivity index (χ3v) is 3.62. The molecule has 0 amide bonds. The lowest BCUT2D eigenvalue weighted by Gasteiger charge is -2.31. The van der Waals surface area contributed by atoms with Crippen molar-refractivity contribution in [3.63, 3.8) is 0 Å². The zero-order valence-corrected chi connectivity index (χ0v) is 10.0. The number of halogens is 4. The quantitative estimate of drug-likeness (QED) is 0.838. The highest BCUT2D eigenvalue weighted by atomic mass is 79.9. The molecule has 0 aliphatic carbocycles. The van der Waals surface area contributed by atoms with E-state index in [0.29, 0.717) is 12.1 Å². The molecule has 1 aromatic rings. The fraction of sp³-hybridized carbons (Fsp3) is 0.455. The van der Waals surface area contributed by atoms with Gasteiger partial charge in [-0.05, 0) is 30.7 Å². The highest BCUT2D eigenvalue weighted by molar-refractivity contribution is 9.10. The average molecular weight is 294 g/mol. The second-order valence-corrected chi connectivity index (χ2v) is 4.93. The van der Waals surface area contributed by atoms with Crippen molar-refractivity contribution in [2.45, 2.75) is 18.0 Å². The van der Waals surface area contributed by atoms with Crippen LogP contribution in [0.2, 0.25) is 0 Å². The maximum atomic E-state index is 13.2. The minimum atomic E-state index is -4.20. The van der Waals surface area contributed by atoms with E-state index in [2.05, 4.69) is 21.2 Å². The number of alkyl halides is 3. The van der Waals surface area contributed by atoms with E-state index in [1.165, 1.54) is 0 Å². The predicted molar refractivity (Wildman–Crippen MR) is 59.4 cm³/mol. The van der Waals surface area contributed by atoms with Gasteiger partial charge in [-0.2, -0.15) is 13.2 Å². The van der Waals surface area contributed by atoms with E-state index in [1.54, 1.807) is 24.3 Å². The Hall–Kier alpha value is -0.550. The molecule has 1 aliphatic heterocycles. The van der Waals surface area contributed by atoms with E-state index < -0.39 is 11.6 Å². The molecule has 1 aromatic carbocycles. The van der Waals surface area contributed by atoms with Crippen LogP contribution in [0.1, 0.15) is 12.0 Å². The van der Waals surface area contributed by atoms with Crippen LogP contribution in [-0.2, 0) is 5.41 Å². The van der Waals surface area contributed by atoms with Crippen molar-refractivity contribution < 1.29 is 13.2 Å². The van der Waals surface area contributed by atoms with E-state index in [-0.39, 0.29) is 13.0 Å². The first kappa shape index (κ1) is 11.9. The summed E-state index contributed by atoms with van der Waals surface area (Å²) in [5, 5.41) is 2.80. The van der Waals surface area contributed by atoms with Gasteiger partial charge in [0.15, 0.2) is 0 Å². The Bertz CT molecular complexity index is 366. The van der Waals surface area contributed by atoms with Crippen LogP contribution in [0.25, 0.3) is 0 Å². The molecule has 1 fully saturated rings. The van der Waals surface area contributed by atoms with Crippen LogP contribution in [0, 0.1) is 0 Å². The first-order valence-corrected chi connectivity index (χ1v) is 5.78. The van der Waals surface area contributed by atoms with Gasteiger partial charge in [0.25, 0.3) is 0 Å². The molecule has 5 heteroatoms. The number of rotatable bonds is 1. The topological polar surface area (TPSA) is 12.0 Å². The Labute approximate surface area is 100 Å². The third kappa shape index (κ3) is 1.86. The maximum Gasteiger partial charge on any atom is 0.399 e. The highest BCUT2D eigenvalue weighted by Gasteiger charge is 2.56. The zero-order valence-electron chi connectivity index (χ0n) is 8.44. The minimum Gasteiger partial charge on any atom is -0.315 e. The molecule has 16 heavy (non-hydrogen) atoms. The van der Waals surface area contributed by atoms with Gasteiger partial charge >= 0.3 is 6.18 Å². The van der Waals surface area contributed by atoms with Gasteiger partial charge in [-0.1, -0.05) is 28.1 Å². The molecule has 1 heterocycles. The summed E-state index contributed by atoms with van der Waals surface area (Å²) in [6, 6.07) is 6.40. The van der Waals surface area contributed by atoms with Gasteiger partial charge in [-0.25, -0.2) is 0 Å². The van der Waals surface area contributed by atoms with Crippen molar-refractivity contribution in [3.8, 4) is 0 Å². The Morgan fingerprint density at radius 2 is 1.81 bits per heavy atom. The van der Waals surface area contributed by atoms with Crippen LogP contribution in [-0.4, -0.2) is 19.3 Å². The Morgan fingerprint density at radius 3 is 2.25 bits per heavy atom. The summed E-state index contributed by atoms with van der Waals surface area (Å²) >= 11 is 3.23. The fourth-order valence-corrected chi connectivity index (χ4v) is 2.38. The first-order chi connectivity index (χ1) is 7.46. The molecule has 1 nitrogen and oxygen atoms in total. The van der Waals surface area contributed by atoms with Crippen molar-refractivity contribution in [1.82, 2.24) is 5.32 Å². The van der Waals surface area contributed by atoms with E-state index in [4.69, 9.17) is 0 Å². The van der Waals surface area contributed by atoms with E-state index in [0.717, 1.165) is 4.47 Å². The van der Waals surface area contributed by atoms with Gasteiger partial charge in [0.2, 0.25) is 0 Å². The standard InChI is InChI=1S/C11H11BrF3N/c12-9-3-1-8(2-4-9)10(11(13,14)15)5-6-16-7-10/h1-4,16H,5-7H2/t10-/m0/s1. The van der Waals surface area contributed by atoms with Crippen LogP contribution < -0.4 is 5.32 Å². The Kier molecular flexibility index (Phi) is 3.01. The average Bonchev–Trinajstić information content (AvgIpc) is 2.68. The van der Waals surface area contributed by atoms with Gasteiger partial charge in [0.1, 0.15) is 5.41 Å². The molecule has 1 N–H and O–H groups in total. The lowest BCUT2D eigenvalue weighted by molar-refractivity contribution is -0.184. The number of benzene rings is 1. The molecule has 0 spiro atoms. The molecule has 0 aromatic heterocycles. The predicted octanol–water partition coefficient (Wildman–Crippen LogP) is 3.24. The van der Waals surface area contributed by atoms with Crippen LogP contribution >= 0.6 is 15.9 Å². The molecule has 88 valence electrons. The summed E-state index contributed by atoms with van der Waals surface area (Å²) in [7, 11) is 0.